The molecular weight excluding hydrogens is 130 g/mol. The highest BCUT2D eigenvalue weighted by Crippen LogP contribution is 2.06. The van der Waals surface area contributed by atoms with Crippen LogP contribution in [0.15, 0.2) is 0 Å². The molecule has 0 saturated heterocycles. The average Bonchev–Trinajstić information content (AvgIpc) is 1.84. The standard InChI is InChI=1S/C7H17NO2/c1-7(9,6-8-2)4-5-10-3/h8-9H,4-6H2,1-3H3. The number of rotatable bonds is 5. The van der Waals surface area contributed by atoms with E-state index in [1.807, 2.05) is 7.05 Å². The lowest BCUT2D eigenvalue weighted by molar-refractivity contribution is 0.0265. The van der Waals surface area contributed by atoms with Crippen LogP contribution in [-0.4, -0.2) is 38.0 Å². The maximum absolute atomic E-state index is 9.50. The van der Waals surface area contributed by atoms with Gasteiger partial charge in [-0.3, -0.25) is 0 Å². The van der Waals surface area contributed by atoms with E-state index in [4.69, 9.17) is 4.74 Å². The summed E-state index contributed by atoms with van der Waals surface area (Å²) >= 11 is 0. The highest BCUT2D eigenvalue weighted by molar-refractivity contribution is 4.73. The first-order valence-corrected chi connectivity index (χ1v) is 3.48. The van der Waals surface area contributed by atoms with Crippen molar-refractivity contribution in [3.63, 3.8) is 0 Å². The lowest BCUT2D eigenvalue weighted by Crippen LogP contribution is -2.37. The van der Waals surface area contributed by atoms with Crippen molar-refractivity contribution in [2.45, 2.75) is 18.9 Å². The van der Waals surface area contributed by atoms with Gasteiger partial charge in [0.25, 0.3) is 0 Å². The SMILES string of the molecule is CNCC(C)(O)CCOC. The normalized spacial score (nSPS) is 16.8. The lowest BCUT2D eigenvalue weighted by atomic mass is 10.0. The van der Waals surface area contributed by atoms with Gasteiger partial charge >= 0.3 is 0 Å². The Kier molecular flexibility index (Phi) is 4.60. The first-order chi connectivity index (χ1) is 4.62. The molecular formula is C7H17NO2. The highest BCUT2D eigenvalue weighted by atomic mass is 16.5. The number of hydrogen-bond acceptors (Lipinski definition) is 3. The molecule has 1 atom stereocenters. The van der Waals surface area contributed by atoms with Gasteiger partial charge in [0.2, 0.25) is 0 Å². The number of aliphatic hydroxyl groups is 1. The Bertz CT molecular complexity index is 83.7. The van der Waals surface area contributed by atoms with Crippen molar-refractivity contribution >= 4 is 0 Å². The molecule has 0 spiro atoms. The van der Waals surface area contributed by atoms with Gasteiger partial charge in [0.15, 0.2) is 0 Å². The van der Waals surface area contributed by atoms with Crippen LogP contribution in [0, 0.1) is 0 Å². The molecule has 0 rings (SSSR count). The van der Waals surface area contributed by atoms with Crippen LogP contribution >= 0.6 is 0 Å². The largest absolute Gasteiger partial charge is 0.389 e. The fourth-order valence-electron chi connectivity index (χ4n) is 0.791. The van der Waals surface area contributed by atoms with E-state index in [-0.39, 0.29) is 0 Å². The average molecular weight is 147 g/mol. The Morgan fingerprint density at radius 3 is 2.60 bits per heavy atom. The fourth-order valence-corrected chi connectivity index (χ4v) is 0.791. The summed E-state index contributed by atoms with van der Waals surface area (Å²) in [7, 11) is 3.46. The number of nitrogens with one attached hydrogen (secondary N) is 1. The van der Waals surface area contributed by atoms with Gasteiger partial charge in [-0.1, -0.05) is 0 Å². The molecule has 0 aliphatic heterocycles. The van der Waals surface area contributed by atoms with Crippen molar-refractivity contribution in [1.29, 1.82) is 0 Å². The summed E-state index contributed by atoms with van der Waals surface area (Å²) in [5.41, 5.74) is -0.634. The summed E-state index contributed by atoms with van der Waals surface area (Å²) < 4.78 is 4.84. The fraction of sp³-hybridized carbons (Fsp3) is 1.00. The van der Waals surface area contributed by atoms with Crippen LogP contribution in [0.1, 0.15) is 13.3 Å². The minimum Gasteiger partial charge on any atom is -0.389 e. The first kappa shape index (κ1) is 9.88. The van der Waals surface area contributed by atoms with Crippen LogP contribution in [0.3, 0.4) is 0 Å². The van der Waals surface area contributed by atoms with Crippen LogP contribution in [0.25, 0.3) is 0 Å². The molecule has 10 heavy (non-hydrogen) atoms. The first-order valence-electron chi connectivity index (χ1n) is 3.48. The molecule has 0 bridgehead atoms. The Labute approximate surface area is 62.4 Å². The molecule has 0 aromatic rings. The maximum Gasteiger partial charge on any atom is 0.0765 e. The molecule has 0 aromatic heterocycles. The van der Waals surface area contributed by atoms with E-state index in [1.54, 1.807) is 14.0 Å². The third-order valence-corrected chi connectivity index (χ3v) is 1.40. The van der Waals surface area contributed by atoms with Crippen molar-refractivity contribution in [2.24, 2.45) is 0 Å². The molecule has 3 nitrogen and oxygen atoms in total. The van der Waals surface area contributed by atoms with Crippen LogP contribution in [0.5, 0.6) is 0 Å². The molecule has 2 N–H and O–H groups in total. The Morgan fingerprint density at radius 2 is 2.20 bits per heavy atom. The van der Waals surface area contributed by atoms with Crippen molar-refractivity contribution in [3.05, 3.63) is 0 Å². The molecule has 0 amide bonds. The molecule has 0 aliphatic rings. The monoisotopic (exact) mass is 147 g/mol. The summed E-state index contributed by atoms with van der Waals surface area (Å²) in [4.78, 5) is 0. The summed E-state index contributed by atoms with van der Waals surface area (Å²) in [6.07, 6.45) is 0.671. The zero-order valence-corrected chi connectivity index (χ0v) is 6.98. The molecule has 62 valence electrons. The van der Waals surface area contributed by atoms with Gasteiger partial charge in [-0.05, 0) is 14.0 Å². The second kappa shape index (κ2) is 4.66. The van der Waals surface area contributed by atoms with Crippen LogP contribution in [0.2, 0.25) is 0 Å². The number of hydrogen-bond donors (Lipinski definition) is 2. The molecule has 0 aliphatic carbocycles. The summed E-state index contributed by atoms with van der Waals surface area (Å²) in [6.45, 7) is 3.01. The second-order valence-electron chi connectivity index (χ2n) is 2.77. The van der Waals surface area contributed by atoms with E-state index >= 15 is 0 Å². The van der Waals surface area contributed by atoms with E-state index in [9.17, 15) is 5.11 Å². The van der Waals surface area contributed by atoms with Gasteiger partial charge in [-0.2, -0.15) is 0 Å². The predicted octanol–water partition coefficient (Wildman–Crippen LogP) is -0.00670. The maximum atomic E-state index is 9.50. The zero-order valence-electron chi connectivity index (χ0n) is 6.98. The summed E-state index contributed by atoms with van der Waals surface area (Å²) in [6, 6.07) is 0. The zero-order chi connectivity index (χ0) is 8.04. The quantitative estimate of drug-likeness (QED) is 0.575. The van der Waals surface area contributed by atoms with E-state index in [2.05, 4.69) is 5.32 Å². The third kappa shape index (κ3) is 4.73. The van der Waals surface area contributed by atoms with Gasteiger partial charge in [-0.15, -0.1) is 0 Å². The number of likely N-dealkylation sites (N-methyl/N-ethyl adjacent to an activating group) is 1. The minimum absolute atomic E-state index is 0.606. The second-order valence-corrected chi connectivity index (χ2v) is 2.77. The molecule has 0 saturated carbocycles. The Hall–Kier alpha value is -0.120. The molecule has 0 fully saturated rings. The van der Waals surface area contributed by atoms with Crippen molar-refractivity contribution < 1.29 is 9.84 Å². The number of ether oxygens (including phenoxy) is 1. The van der Waals surface area contributed by atoms with E-state index in [1.165, 1.54) is 0 Å². The topological polar surface area (TPSA) is 41.5 Å². The van der Waals surface area contributed by atoms with Gasteiger partial charge in [0, 0.05) is 26.7 Å². The van der Waals surface area contributed by atoms with Crippen molar-refractivity contribution in [2.75, 3.05) is 27.3 Å². The molecule has 3 heteroatoms. The van der Waals surface area contributed by atoms with Gasteiger partial charge in [0.1, 0.15) is 0 Å². The van der Waals surface area contributed by atoms with Crippen molar-refractivity contribution in [3.8, 4) is 0 Å². The molecule has 0 aromatic carbocycles. The van der Waals surface area contributed by atoms with E-state index < -0.39 is 5.60 Å². The molecule has 0 heterocycles. The smallest absolute Gasteiger partial charge is 0.0765 e. The predicted molar refractivity (Wildman–Crippen MR) is 41.0 cm³/mol. The third-order valence-electron chi connectivity index (χ3n) is 1.40. The van der Waals surface area contributed by atoms with Crippen LogP contribution in [-0.2, 0) is 4.74 Å². The van der Waals surface area contributed by atoms with E-state index in [0.29, 0.717) is 19.6 Å². The lowest BCUT2D eigenvalue weighted by Gasteiger charge is -2.21. The molecule has 1 unspecified atom stereocenters. The molecule has 0 radical (unpaired) electrons. The van der Waals surface area contributed by atoms with Gasteiger partial charge in [-0.25, -0.2) is 0 Å². The van der Waals surface area contributed by atoms with Crippen molar-refractivity contribution in [1.82, 2.24) is 5.32 Å². The summed E-state index contributed by atoms with van der Waals surface area (Å²) in [5, 5.41) is 12.4. The van der Waals surface area contributed by atoms with Gasteiger partial charge in [0.05, 0.1) is 5.60 Å². The van der Waals surface area contributed by atoms with E-state index in [0.717, 1.165) is 0 Å². The number of methoxy groups -OCH3 is 1. The minimum atomic E-state index is -0.634. The van der Waals surface area contributed by atoms with Crippen LogP contribution < -0.4 is 5.32 Å². The Morgan fingerprint density at radius 1 is 1.60 bits per heavy atom. The highest BCUT2D eigenvalue weighted by Gasteiger charge is 2.17. The summed E-state index contributed by atoms with van der Waals surface area (Å²) in [5.74, 6) is 0. The van der Waals surface area contributed by atoms with Gasteiger partial charge < -0.3 is 15.2 Å². The Balaban J connectivity index is 3.42. The van der Waals surface area contributed by atoms with Crippen LogP contribution in [0.4, 0.5) is 0 Å².